The lowest BCUT2D eigenvalue weighted by molar-refractivity contribution is -0.126. The molecular weight excluding hydrogens is 374 g/mol. The number of rotatable bonds is 4. The molecule has 1 fully saturated rings. The maximum Gasteiger partial charge on any atom is 0.223 e. The molecule has 23 heavy (non-hydrogen) atoms. The van der Waals surface area contributed by atoms with Crippen molar-refractivity contribution in [3.05, 3.63) is 39.1 Å². The molecule has 0 aliphatic carbocycles. The van der Waals surface area contributed by atoms with Crippen LogP contribution in [0.2, 0.25) is 0 Å². The number of nitrogens with zero attached hydrogens (tertiary/aromatic N) is 1. The third kappa shape index (κ3) is 4.19. The third-order valence-electron chi connectivity index (χ3n) is 4.10. The standard InChI is InChI=1S/C17H20BrN3OS/c1-11(20-16(22)13-6-8-19-9-7-13)17-21-15(10-23-17)12-2-4-14(18)5-3-12/h2-5,10-11,13,19H,6-9H2,1H3,(H,20,22). The number of nitrogens with one attached hydrogen (secondary N) is 2. The van der Waals surface area contributed by atoms with Gasteiger partial charge in [-0.2, -0.15) is 0 Å². The Labute approximate surface area is 148 Å². The highest BCUT2D eigenvalue weighted by Gasteiger charge is 2.23. The first kappa shape index (κ1) is 16.6. The lowest BCUT2D eigenvalue weighted by Crippen LogP contribution is -2.39. The second kappa shape index (κ2) is 7.55. The Morgan fingerprint density at radius 3 is 2.74 bits per heavy atom. The Morgan fingerprint density at radius 1 is 1.35 bits per heavy atom. The fourth-order valence-electron chi connectivity index (χ4n) is 2.72. The van der Waals surface area contributed by atoms with E-state index in [0.29, 0.717) is 0 Å². The number of hydrogen-bond acceptors (Lipinski definition) is 4. The molecule has 2 aromatic rings. The van der Waals surface area contributed by atoms with Crippen LogP contribution in [0.5, 0.6) is 0 Å². The van der Waals surface area contributed by atoms with Gasteiger partial charge >= 0.3 is 0 Å². The summed E-state index contributed by atoms with van der Waals surface area (Å²) in [5.74, 6) is 0.281. The van der Waals surface area contributed by atoms with Gasteiger partial charge in [0.1, 0.15) is 5.01 Å². The molecule has 2 heterocycles. The summed E-state index contributed by atoms with van der Waals surface area (Å²) in [5.41, 5.74) is 2.05. The Bertz CT molecular complexity index is 665. The van der Waals surface area contributed by atoms with Gasteiger partial charge < -0.3 is 10.6 Å². The molecule has 0 spiro atoms. The fourth-order valence-corrected chi connectivity index (χ4v) is 3.82. The van der Waals surface area contributed by atoms with Crippen LogP contribution in [0.1, 0.15) is 30.8 Å². The molecule has 122 valence electrons. The number of halogens is 1. The van der Waals surface area contributed by atoms with E-state index in [9.17, 15) is 4.79 Å². The van der Waals surface area contributed by atoms with Crippen LogP contribution in [0.15, 0.2) is 34.1 Å². The molecule has 3 rings (SSSR count). The molecule has 1 unspecified atom stereocenters. The van der Waals surface area contributed by atoms with E-state index in [-0.39, 0.29) is 17.9 Å². The van der Waals surface area contributed by atoms with Crippen LogP contribution in [-0.2, 0) is 4.79 Å². The number of thiazole rings is 1. The molecule has 0 radical (unpaired) electrons. The number of aromatic nitrogens is 1. The minimum atomic E-state index is -0.0495. The number of hydrogen-bond donors (Lipinski definition) is 2. The number of benzene rings is 1. The summed E-state index contributed by atoms with van der Waals surface area (Å²) >= 11 is 5.04. The largest absolute Gasteiger partial charge is 0.347 e. The van der Waals surface area contributed by atoms with Crippen molar-refractivity contribution in [3.8, 4) is 11.3 Å². The molecule has 1 aromatic heterocycles. The predicted octanol–water partition coefficient (Wildman–Crippen LogP) is 3.75. The molecule has 2 N–H and O–H groups in total. The Balaban J connectivity index is 1.64. The second-order valence-corrected chi connectivity index (χ2v) is 7.64. The number of piperidine rings is 1. The number of amides is 1. The van der Waals surface area contributed by atoms with Crippen molar-refractivity contribution in [2.45, 2.75) is 25.8 Å². The van der Waals surface area contributed by atoms with E-state index in [0.717, 1.165) is 46.7 Å². The summed E-state index contributed by atoms with van der Waals surface area (Å²) in [5, 5.41) is 9.40. The van der Waals surface area contributed by atoms with Crippen molar-refractivity contribution in [1.82, 2.24) is 15.6 Å². The normalized spacial score (nSPS) is 17.0. The molecule has 1 atom stereocenters. The minimum absolute atomic E-state index is 0.0495. The highest BCUT2D eigenvalue weighted by molar-refractivity contribution is 9.10. The van der Waals surface area contributed by atoms with Crippen molar-refractivity contribution in [3.63, 3.8) is 0 Å². The Kier molecular flexibility index (Phi) is 5.46. The Hall–Kier alpha value is -1.24. The van der Waals surface area contributed by atoms with E-state index < -0.39 is 0 Å². The topological polar surface area (TPSA) is 54.0 Å². The highest BCUT2D eigenvalue weighted by atomic mass is 79.9. The van der Waals surface area contributed by atoms with Gasteiger partial charge in [0, 0.05) is 21.3 Å². The van der Waals surface area contributed by atoms with E-state index in [2.05, 4.69) is 31.5 Å². The molecule has 1 saturated heterocycles. The summed E-state index contributed by atoms with van der Waals surface area (Å²) in [6.07, 6.45) is 1.83. The van der Waals surface area contributed by atoms with Crippen LogP contribution >= 0.6 is 27.3 Å². The van der Waals surface area contributed by atoms with Crippen molar-refractivity contribution in [2.24, 2.45) is 5.92 Å². The maximum absolute atomic E-state index is 12.3. The molecule has 1 aliphatic heterocycles. The smallest absolute Gasteiger partial charge is 0.223 e. The summed E-state index contributed by atoms with van der Waals surface area (Å²) in [6, 6.07) is 8.06. The minimum Gasteiger partial charge on any atom is -0.347 e. The van der Waals surface area contributed by atoms with E-state index >= 15 is 0 Å². The molecule has 0 bridgehead atoms. The van der Waals surface area contributed by atoms with Gasteiger partial charge in [-0.15, -0.1) is 11.3 Å². The fraction of sp³-hybridized carbons (Fsp3) is 0.412. The van der Waals surface area contributed by atoms with Gasteiger partial charge in [-0.05, 0) is 45.0 Å². The van der Waals surface area contributed by atoms with Crippen molar-refractivity contribution >= 4 is 33.2 Å². The first-order chi connectivity index (χ1) is 11.1. The summed E-state index contributed by atoms with van der Waals surface area (Å²) in [6.45, 7) is 3.86. The van der Waals surface area contributed by atoms with Gasteiger partial charge in [-0.1, -0.05) is 28.1 Å². The molecule has 1 aliphatic rings. The second-order valence-electron chi connectivity index (χ2n) is 5.83. The maximum atomic E-state index is 12.3. The first-order valence-electron chi connectivity index (χ1n) is 7.86. The first-order valence-corrected chi connectivity index (χ1v) is 9.53. The van der Waals surface area contributed by atoms with Crippen molar-refractivity contribution in [2.75, 3.05) is 13.1 Å². The zero-order chi connectivity index (χ0) is 16.2. The van der Waals surface area contributed by atoms with Gasteiger partial charge in [0.15, 0.2) is 0 Å². The van der Waals surface area contributed by atoms with E-state index in [1.807, 2.05) is 36.6 Å². The van der Waals surface area contributed by atoms with Crippen LogP contribution in [0, 0.1) is 5.92 Å². The van der Waals surface area contributed by atoms with Crippen molar-refractivity contribution in [1.29, 1.82) is 0 Å². The van der Waals surface area contributed by atoms with Crippen LogP contribution in [0.3, 0.4) is 0 Å². The van der Waals surface area contributed by atoms with E-state index in [1.54, 1.807) is 11.3 Å². The molecule has 6 heteroatoms. The summed E-state index contributed by atoms with van der Waals surface area (Å²) < 4.78 is 1.05. The van der Waals surface area contributed by atoms with Crippen LogP contribution < -0.4 is 10.6 Å². The predicted molar refractivity (Wildman–Crippen MR) is 97.4 cm³/mol. The average Bonchev–Trinajstić information content (AvgIpc) is 3.06. The Morgan fingerprint density at radius 2 is 2.04 bits per heavy atom. The summed E-state index contributed by atoms with van der Waals surface area (Å²) in [7, 11) is 0. The molecule has 1 amide bonds. The molecular formula is C17H20BrN3OS. The van der Waals surface area contributed by atoms with Gasteiger partial charge in [0.2, 0.25) is 5.91 Å². The summed E-state index contributed by atoms with van der Waals surface area (Å²) in [4.78, 5) is 17.0. The monoisotopic (exact) mass is 393 g/mol. The average molecular weight is 394 g/mol. The van der Waals surface area contributed by atoms with Gasteiger partial charge in [0.25, 0.3) is 0 Å². The lowest BCUT2D eigenvalue weighted by Gasteiger charge is -2.23. The van der Waals surface area contributed by atoms with Crippen LogP contribution in [-0.4, -0.2) is 24.0 Å². The van der Waals surface area contributed by atoms with Gasteiger partial charge in [-0.3, -0.25) is 4.79 Å². The number of carbonyl (C=O) groups is 1. The van der Waals surface area contributed by atoms with Crippen LogP contribution in [0.25, 0.3) is 11.3 Å². The quantitative estimate of drug-likeness (QED) is 0.831. The van der Waals surface area contributed by atoms with Gasteiger partial charge in [-0.25, -0.2) is 4.98 Å². The van der Waals surface area contributed by atoms with E-state index in [1.165, 1.54) is 0 Å². The zero-order valence-corrected chi connectivity index (χ0v) is 15.4. The van der Waals surface area contributed by atoms with Gasteiger partial charge in [0.05, 0.1) is 11.7 Å². The molecule has 1 aromatic carbocycles. The highest BCUT2D eigenvalue weighted by Crippen LogP contribution is 2.27. The number of carbonyl (C=O) groups excluding carboxylic acids is 1. The van der Waals surface area contributed by atoms with Crippen molar-refractivity contribution < 1.29 is 4.79 Å². The van der Waals surface area contributed by atoms with E-state index in [4.69, 9.17) is 0 Å². The third-order valence-corrected chi connectivity index (χ3v) is 5.66. The SMILES string of the molecule is CC(NC(=O)C1CCNCC1)c1nc(-c2ccc(Br)cc2)cs1. The molecule has 4 nitrogen and oxygen atoms in total. The lowest BCUT2D eigenvalue weighted by atomic mass is 9.97. The molecule has 0 saturated carbocycles. The van der Waals surface area contributed by atoms with Crippen LogP contribution in [0.4, 0.5) is 0 Å². The zero-order valence-electron chi connectivity index (χ0n) is 13.0.